The Morgan fingerprint density at radius 3 is 2.41 bits per heavy atom. The standard InChI is InChI=1S/C26H26N4O2/c1-25(2)31-16-26(3,32-25)24-29-20-13-12-18(15-19-11-7-8-14-28-19)21(22(20)23(27)30-24)17-9-5-4-6-10-17/h4-14H,15-16H2,1-3H3,(H2,27,29,30). The van der Waals surface area contributed by atoms with Crippen molar-refractivity contribution in [2.45, 2.75) is 38.6 Å². The van der Waals surface area contributed by atoms with Gasteiger partial charge < -0.3 is 15.2 Å². The number of benzene rings is 2. The van der Waals surface area contributed by atoms with Crippen molar-refractivity contribution < 1.29 is 9.47 Å². The van der Waals surface area contributed by atoms with Crippen molar-refractivity contribution in [2.24, 2.45) is 0 Å². The molecule has 1 saturated heterocycles. The van der Waals surface area contributed by atoms with Crippen molar-refractivity contribution in [2.75, 3.05) is 12.3 Å². The minimum atomic E-state index is -0.759. The number of anilines is 1. The van der Waals surface area contributed by atoms with E-state index in [0.29, 0.717) is 24.7 Å². The van der Waals surface area contributed by atoms with Gasteiger partial charge in [-0.1, -0.05) is 42.5 Å². The Kier molecular flexibility index (Phi) is 4.92. The molecule has 5 rings (SSSR count). The smallest absolute Gasteiger partial charge is 0.165 e. The third kappa shape index (κ3) is 3.72. The Morgan fingerprint density at radius 2 is 1.72 bits per heavy atom. The lowest BCUT2D eigenvalue weighted by atomic mass is 9.92. The van der Waals surface area contributed by atoms with Crippen molar-refractivity contribution >= 4 is 16.7 Å². The molecule has 3 heterocycles. The maximum absolute atomic E-state index is 6.59. The number of nitrogens with two attached hydrogens (primary N) is 1. The average Bonchev–Trinajstić information content (AvgIpc) is 3.09. The summed E-state index contributed by atoms with van der Waals surface area (Å²) >= 11 is 0. The first-order valence-corrected chi connectivity index (χ1v) is 10.7. The Bertz CT molecular complexity index is 1280. The maximum atomic E-state index is 6.59. The van der Waals surface area contributed by atoms with Gasteiger partial charge in [-0.05, 0) is 55.7 Å². The van der Waals surface area contributed by atoms with Gasteiger partial charge in [0.1, 0.15) is 5.82 Å². The van der Waals surface area contributed by atoms with E-state index < -0.39 is 11.4 Å². The molecule has 6 heteroatoms. The lowest BCUT2D eigenvalue weighted by Gasteiger charge is -2.24. The van der Waals surface area contributed by atoms with Crippen LogP contribution in [0.4, 0.5) is 5.82 Å². The SMILES string of the molecule is CC1(C)OCC(C)(c2nc(N)c3c(-c4ccccc4)c(Cc4ccccn4)ccc3n2)O1. The van der Waals surface area contributed by atoms with Crippen LogP contribution in [0.1, 0.15) is 37.9 Å². The van der Waals surface area contributed by atoms with Crippen molar-refractivity contribution in [3.63, 3.8) is 0 Å². The van der Waals surface area contributed by atoms with E-state index in [9.17, 15) is 0 Å². The molecule has 2 aromatic carbocycles. The second kappa shape index (κ2) is 7.65. The molecule has 4 aromatic rings. The van der Waals surface area contributed by atoms with Crippen LogP contribution >= 0.6 is 0 Å². The van der Waals surface area contributed by atoms with Crippen molar-refractivity contribution in [3.8, 4) is 11.1 Å². The minimum absolute atomic E-state index is 0.369. The Balaban J connectivity index is 1.69. The monoisotopic (exact) mass is 426 g/mol. The summed E-state index contributed by atoms with van der Waals surface area (Å²) in [7, 11) is 0. The summed E-state index contributed by atoms with van der Waals surface area (Å²) in [6, 6.07) is 20.3. The number of nitrogens with zero attached hydrogens (tertiary/aromatic N) is 3. The summed E-state index contributed by atoms with van der Waals surface area (Å²) < 4.78 is 11.9. The highest BCUT2D eigenvalue weighted by atomic mass is 16.8. The highest BCUT2D eigenvalue weighted by molar-refractivity contribution is 6.02. The maximum Gasteiger partial charge on any atom is 0.165 e. The molecule has 0 bridgehead atoms. The lowest BCUT2D eigenvalue weighted by molar-refractivity contribution is -0.161. The molecule has 0 amide bonds. The second-order valence-electron chi connectivity index (χ2n) is 8.81. The van der Waals surface area contributed by atoms with Gasteiger partial charge in [0.2, 0.25) is 0 Å². The Hall–Kier alpha value is -3.35. The van der Waals surface area contributed by atoms with Crippen LogP contribution in [-0.4, -0.2) is 27.3 Å². The van der Waals surface area contributed by atoms with E-state index in [-0.39, 0.29) is 0 Å². The number of rotatable bonds is 4. The lowest BCUT2D eigenvalue weighted by Crippen LogP contribution is -2.30. The Morgan fingerprint density at radius 1 is 0.938 bits per heavy atom. The first kappa shape index (κ1) is 20.5. The molecule has 0 radical (unpaired) electrons. The van der Waals surface area contributed by atoms with Gasteiger partial charge in [-0.15, -0.1) is 0 Å². The number of nitrogen functional groups attached to an aromatic ring is 1. The molecule has 162 valence electrons. The van der Waals surface area contributed by atoms with Gasteiger partial charge in [0.15, 0.2) is 17.2 Å². The number of pyridine rings is 1. The highest BCUT2D eigenvalue weighted by Gasteiger charge is 2.45. The molecule has 1 fully saturated rings. The van der Waals surface area contributed by atoms with E-state index in [4.69, 9.17) is 25.2 Å². The fraction of sp³-hybridized carbons (Fsp3) is 0.269. The molecule has 1 unspecified atom stereocenters. The first-order chi connectivity index (χ1) is 15.3. The van der Waals surface area contributed by atoms with Crippen molar-refractivity contribution in [1.82, 2.24) is 15.0 Å². The van der Waals surface area contributed by atoms with Crippen molar-refractivity contribution in [3.05, 3.63) is 83.9 Å². The van der Waals surface area contributed by atoms with Crippen LogP contribution in [0, 0.1) is 0 Å². The molecule has 1 atom stereocenters. The van der Waals surface area contributed by atoms with Gasteiger partial charge in [-0.3, -0.25) is 4.98 Å². The van der Waals surface area contributed by atoms with Crippen LogP contribution in [0.2, 0.25) is 0 Å². The molecule has 0 spiro atoms. The molecule has 2 N–H and O–H groups in total. The predicted octanol–water partition coefficient (Wildman–Crippen LogP) is 4.86. The first-order valence-electron chi connectivity index (χ1n) is 10.7. The highest BCUT2D eigenvalue weighted by Crippen LogP contribution is 2.40. The average molecular weight is 427 g/mol. The van der Waals surface area contributed by atoms with Gasteiger partial charge in [0.25, 0.3) is 0 Å². The summed E-state index contributed by atoms with van der Waals surface area (Å²) in [5, 5.41) is 0.843. The van der Waals surface area contributed by atoms with Crippen LogP contribution in [0.5, 0.6) is 0 Å². The van der Waals surface area contributed by atoms with Crippen molar-refractivity contribution in [1.29, 1.82) is 0 Å². The summed E-state index contributed by atoms with van der Waals surface area (Å²) in [6.07, 6.45) is 2.50. The number of aromatic nitrogens is 3. The van der Waals surface area contributed by atoms with Gasteiger partial charge in [-0.2, -0.15) is 0 Å². The largest absolute Gasteiger partial charge is 0.383 e. The normalized spacial score (nSPS) is 20.0. The topological polar surface area (TPSA) is 83.2 Å². The molecular formula is C26H26N4O2. The van der Waals surface area contributed by atoms with Gasteiger partial charge in [-0.25, -0.2) is 9.97 Å². The van der Waals surface area contributed by atoms with E-state index in [2.05, 4.69) is 23.2 Å². The molecule has 0 aliphatic carbocycles. The third-order valence-electron chi connectivity index (χ3n) is 5.78. The zero-order valence-electron chi connectivity index (χ0n) is 18.5. The van der Waals surface area contributed by atoms with E-state index >= 15 is 0 Å². The van der Waals surface area contributed by atoms with E-state index in [1.807, 2.05) is 69.4 Å². The van der Waals surface area contributed by atoms with Crippen LogP contribution < -0.4 is 5.73 Å². The van der Waals surface area contributed by atoms with Gasteiger partial charge >= 0.3 is 0 Å². The molecule has 6 nitrogen and oxygen atoms in total. The predicted molar refractivity (Wildman–Crippen MR) is 125 cm³/mol. The molecule has 1 aliphatic rings. The second-order valence-corrected chi connectivity index (χ2v) is 8.81. The summed E-state index contributed by atoms with van der Waals surface area (Å²) in [5.74, 6) is 0.273. The molecule has 0 saturated carbocycles. The minimum Gasteiger partial charge on any atom is -0.383 e. The van der Waals surface area contributed by atoms with E-state index in [1.54, 1.807) is 0 Å². The van der Waals surface area contributed by atoms with Crippen LogP contribution in [0.25, 0.3) is 22.0 Å². The number of ether oxygens (including phenoxy) is 2. The number of fused-ring (bicyclic) bond motifs is 1. The fourth-order valence-electron chi connectivity index (χ4n) is 4.34. The zero-order valence-corrected chi connectivity index (χ0v) is 18.5. The molecular weight excluding hydrogens is 400 g/mol. The molecule has 2 aromatic heterocycles. The number of hydrogen-bond acceptors (Lipinski definition) is 6. The quantitative estimate of drug-likeness (QED) is 0.502. The van der Waals surface area contributed by atoms with Crippen LogP contribution in [-0.2, 0) is 21.5 Å². The Labute approximate surface area is 187 Å². The van der Waals surface area contributed by atoms with Crippen LogP contribution in [0.3, 0.4) is 0 Å². The molecule has 1 aliphatic heterocycles. The number of hydrogen-bond donors (Lipinski definition) is 1. The van der Waals surface area contributed by atoms with Gasteiger partial charge in [0, 0.05) is 18.3 Å². The molecule has 32 heavy (non-hydrogen) atoms. The fourth-order valence-corrected chi connectivity index (χ4v) is 4.34. The summed E-state index contributed by atoms with van der Waals surface area (Å²) in [4.78, 5) is 14.1. The summed E-state index contributed by atoms with van der Waals surface area (Å²) in [6.45, 7) is 6.09. The van der Waals surface area contributed by atoms with Gasteiger partial charge in [0.05, 0.1) is 17.5 Å². The summed E-state index contributed by atoms with van der Waals surface area (Å²) in [5.41, 5.74) is 10.8. The van der Waals surface area contributed by atoms with E-state index in [1.165, 1.54) is 0 Å². The zero-order chi connectivity index (χ0) is 22.3. The van der Waals surface area contributed by atoms with E-state index in [0.717, 1.165) is 33.3 Å². The third-order valence-corrected chi connectivity index (χ3v) is 5.78. The van der Waals surface area contributed by atoms with Crippen LogP contribution in [0.15, 0.2) is 66.9 Å².